The van der Waals surface area contributed by atoms with Crippen LogP contribution in [-0.4, -0.2) is 33.9 Å². The average Bonchev–Trinajstić information content (AvgIpc) is 3.06. The van der Waals surface area contributed by atoms with E-state index < -0.39 is 0 Å². The first-order chi connectivity index (χ1) is 11.0. The molecule has 0 aromatic carbocycles. The molecule has 128 valence electrons. The van der Waals surface area contributed by atoms with Crippen molar-refractivity contribution in [3.05, 3.63) is 16.1 Å². The number of aromatic nitrogens is 1. The predicted molar refractivity (Wildman–Crippen MR) is 94.5 cm³/mol. The smallest absolute Gasteiger partial charge is 0.223 e. The normalized spacial score (nSPS) is 28.3. The molecule has 23 heavy (non-hydrogen) atoms. The van der Waals surface area contributed by atoms with Crippen molar-refractivity contribution < 1.29 is 4.79 Å². The molecule has 1 saturated carbocycles. The molecule has 1 spiro atoms. The van der Waals surface area contributed by atoms with Gasteiger partial charge in [-0.25, -0.2) is 4.98 Å². The number of aryl methyl sites for hydroxylation is 1. The minimum atomic E-state index is 0.102. The molecule has 1 saturated heterocycles. The fraction of sp³-hybridized carbons (Fsp3) is 0.778. The maximum atomic E-state index is 12.4. The Kier molecular flexibility index (Phi) is 5.07. The minimum absolute atomic E-state index is 0.102. The van der Waals surface area contributed by atoms with Gasteiger partial charge >= 0.3 is 0 Å². The van der Waals surface area contributed by atoms with E-state index in [0.29, 0.717) is 30.8 Å². The summed E-state index contributed by atoms with van der Waals surface area (Å²) in [5.74, 6) is 1.02. The van der Waals surface area contributed by atoms with E-state index in [1.165, 1.54) is 12.8 Å². The Balaban J connectivity index is 1.63. The molecule has 0 atom stereocenters. The number of nitrogens with one attached hydrogen (secondary N) is 1. The van der Waals surface area contributed by atoms with Gasteiger partial charge in [-0.05, 0) is 51.5 Å². The Morgan fingerprint density at radius 1 is 1.39 bits per heavy atom. The number of nitrogens with zero attached hydrogens (tertiary/aromatic N) is 2. The van der Waals surface area contributed by atoms with Crippen LogP contribution in [0.25, 0.3) is 0 Å². The lowest BCUT2D eigenvalue weighted by atomic mass is 9.77. The highest BCUT2D eigenvalue weighted by Gasteiger charge is 2.47. The molecule has 1 aliphatic carbocycles. The molecular formula is C18H29N3OS. The van der Waals surface area contributed by atoms with Crippen LogP contribution < -0.4 is 5.32 Å². The van der Waals surface area contributed by atoms with Crippen molar-refractivity contribution in [2.75, 3.05) is 6.54 Å². The summed E-state index contributed by atoms with van der Waals surface area (Å²) in [6.07, 6.45) is 6.40. The lowest BCUT2D eigenvalue weighted by molar-refractivity contribution is -0.133. The van der Waals surface area contributed by atoms with Gasteiger partial charge in [0.15, 0.2) is 0 Å². The highest BCUT2D eigenvalue weighted by Crippen LogP contribution is 2.43. The second kappa shape index (κ2) is 6.89. The van der Waals surface area contributed by atoms with Crippen molar-refractivity contribution in [1.82, 2.24) is 15.2 Å². The third kappa shape index (κ3) is 3.77. The van der Waals surface area contributed by atoms with Gasteiger partial charge in [-0.1, -0.05) is 13.8 Å². The molecule has 1 amide bonds. The van der Waals surface area contributed by atoms with Crippen molar-refractivity contribution in [3.63, 3.8) is 0 Å². The third-order valence-electron chi connectivity index (χ3n) is 5.40. The largest absolute Gasteiger partial charge is 0.331 e. The van der Waals surface area contributed by atoms with E-state index in [-0.39, 0.29) is 5.54 Å². The zero-order valence-electron chi connectivity index (χ0n) is 14.6. The summed E-state index contributed by atoms with van der Waals surface area (Å²) in [6, 6.07) is 0.627. The SMILES string of the molecule is Cc1nc(CN2C(=O)CCC23CCC(NCC(C)C)CC3)cs1. The summed E-state index contributed by atoms with van der Waals surface area (Å²) < 4.78 is 0. The summed E-state index contributed by atoms with van der Waals surface area (Å²) >= 11 is 1.67. The van der Waals surface area contributed by atoms with Crippen LogP contribution in [0.4, 0.5) is 0 Å². The van der Waals surface area contributed by atoms with Gasteiger partial charge < -0.3 is 10.2 Å². The van der Waals surface area contributed by atoms with Crippen LogP contribution in [0.3, 0.4) is 0 Å². The zero-order valence-corrected chi connectivity index (χ0v) is 15.4. The maximum Gasteiger partial charge on any atom is 0.223 e. The summed E-state index contributed by atoms with van der Waals surface area (Å²) in [7, 11) is 0. The number of thiazole rings is 1. The quantitative estimate of drug-likeness (QED) is 0.896. The van der Waals surface area contributed by atoms with Crippen molar-refractivity contribution in [3.8, 4) is 0 Å². The molecule has 2 aliphatic rings. The predicted octanol–water partition coefficient (Wildman–Crippen LogP) is 3.50. The van der Waals surface area contributed by atoms with Crippen molar-refractivity contribution in [2.24, 2.45) is 5.92 Å². The summed E-state index contributed by atoms with van der Waals surface area (Å²) in [6.45, 7) is 8.34. The zero-order chi connectivity index (χ0) is 16.4. The van der Waals surface area contributed by atoms with Gasteiger partial charge in [-0.2, -0.15) is 0 Å². The maximum absolute atomic E-state index is 12.4. The Bertz CT molecular complexity index is 546. The topological polar surface area (TPSA) is 45.2 Å². The number of hydrogen-bond donors (Lipinski definition) is 1. The standard InChI is InChI=1S/C18H29N3OS/c1-13(2)10-19-15-4-7-18(8-5-15)9-6-17(22)21(18)11-16-12-23-14(3)20-16/h12-13,15,19H,4-11H2,1-3H3. The molecule has 0 bridgehead atoms. The van der Waals surface area contributed by atoms with Crippen LogP contribution in [0.5, 0.6) is 0 Å². The highest BCUT2D eigenvalue weighted by atomic mass is 32.1. The Hall–Kier alpha value is -0.940. The van der Waals surface area contributed by atoms with Gasteiger partial charge in [0, 0.05) is 23.4 Å². The fourth-order valence-corrected chi connectivity index (χ4v) is 4.66. The second-order valence-electron chi connectivity index (χ2n) is 7.64. The van der Waals surface area contributed by atoms with Crippen LogP contribution in [-0.2, 0) is 11.3 Å². The summed E-state index contributed by atoms with van der Waals surface area (Å²) in [5.41, 5.74) is 1.16. The third-order valence-corrected chi connectivity index (χ3v) is 6.22. The second-order valence-corrected chi connectivity index (χ2v) is 8.70. The summed E-state index contributed by atoms with van der Waals surface area (Å²) in [5, 5.41) is 6.88. The molecule has 4 nitrogen and oxygen atoms in total. The minimum Gasteiger partial charge on any atom is -0.331 e. The fourth-order valence-electron chi connectivity index (χ4n) is 4.05. The highest BCUT2D eigenvalue weighted by molar-refractivity contribution is 7.09. The monoisotopic (exact) mass is 335 g/mol. The van der Waals surface area contributed by atoms with Gasteiger partial charge in [0.25, 0.3) is 0 Å². The molecule has 1 N–H and O–H groups in total. The number of rotatable bonds is 5. The summed E-state index contributed by atoms with van der Waals surface area (Å²) in [4.78, 5) is 19.2. The van der Waals surface area contributed by atoms with E-state index in [1.807, 2.05) is 6.92 Å². The van der Waals surface area contributed by atoms with E-state index >= 15 is 0 Å². The molecule has 3 rings (SSSR count). The Labute approximate surface area is 143 Å². The molecule has 1 aromatic rings. The number of hydrogen-bond acceptors (Lipinski definition) is 4. The van der Waals surface area contributed by atoms with E-state index in [9.17, 15) is 4.79 Å². The Morgan fingerprint density at radius 2 is 2.13 bits per heavy atom. The molecule has 2 heterocycles. The molecule has 2 fully saturated rings. The van der Waals surface area contributed by atoms with E-state index in [1.54, 1.807) is 11.3 Å². The van der Waals surface area contributed by atoms with Crippen molar-refractivity contribution >= 4 is 17.2 Å². The van der Waals surface area contributed by atoms with Crippen LogP contribution in [0.15, 0.2) is 5.38 Å². The number of carbonyl (C=O) groups is 1. The van der Waals surface area contributed by atoms with Crippen LogP contribution in [0.1, 0.15) is 63.1 Å². The molecule has 5 heteroatoms. The lowest BCUT2D eigenvalue weighted by Gasteiger charge is -2.44. The number of carbonyl (C=O) groups excluding carboxylic acids is 1. The molecule has 1 aliphatic heterocycles. The number of likely N-dealkylation sites (tertiary alicyclic amines) is 1. The van der Waals surface area contributed by atoms with Gasteiger partial charge in [0.05, 0.1) is 17.2 Å². The van der Waals surface area contributed by atoms with Crippen LogP contribution in [0.2, 0.25) is 0 Å². The van der Waals surface area contributed by atoms with Gasteiger partial charge in [0.2, 0.25) is 5.91 Å². The molecule has 1 aromatic heterocycles. The Morgan fingerprint density at radius 3 is 2.74 bits per heavy atom. The van der Waals surface area contributed by atoms with E-state index in [4.69, 9.17) is 0 Å². The van der Waals surface area contributed by atoms with E-state index in [2.05, 4.69) is 34.4 Å². The first-order valence-corrected chi connectivity index (χ1v) is 9.81. The van der Waals surface area contributed by atoms with Crippen molar-refractivity contribution in [2.45, 2.75) is 77.4 Å². The van der Waals surface area contributed by atoms with Gasteiger partial charge in [0.1, 0.15) is 0 Å². The molecule has 0 radical (unpaired) electrons. The average molecular weight is 336 g/mol. The number of amides is 1. The first kappa shape index (κ1) is 16.9. The van der Waals surface area contributed by atoms with E-state index in [0.717, 1.165) is 36.5 Å². The van der Waals surface area contributed by atoms with Crippen molar-refractivity contribution in [1.29, 1.82) is 0 Å². The molecule has 0 unspecified atom stereocenters. The first-order valence-electron chi connectivity index (χ1n) is 8.93. The van der Waals surface area contributed by atoms with Gasteiger partial charge in [-0.15, -0.1) is 11.3 Å². The molecular weight excluding hydrogens is 306 g/mol. The van der Waals surface area contributed by atoms with Crippen LogP contribution in [0, 0.1) is 12.8 Å². The lowest BCUT2D eigenvalue weighted by Crippen LogP contribution is -2.50. The van der Waals surface area contributed by atoms with Crippen LogP contribution >= 0.6 is 11.3 Å². The van der Waals surface area contributed by atoms with Gasteiger partial charge in [-0.3, -0.25) is 4.79 Å².